The van der Waals surface area contributed by atoms with Gasteiger partial charge in [-0.3, -0.25) is 9.48 Å². The highest BCUT2D eigenvalue weighted by molar-refractivity contribution is 7.16. The summed E-state index contributed by atoms with van der Waals surface area (Å²) in [4.78, 5) is 19.0. The molecule has 0 saturated heterocycles. The number of carbonyl (C=O) groups is 1. The van der Waals surface area contributed by atoms with Crippen LogP contribution in [-0.2, 0) is 18.3 Å². The fourth-order valence-corrected chi connectivity index (χ4v) is 4.34. The molecule has 136 valence electrons. The average molecular weight is 387 g/mol. The molecule has 26 heavy (non-hydrogen) atoms. The first-order valence-corrected chi connectivity index (χ1v) is 10.1. The van der Waals surface area contributed by atoms with Gasteiger partial charge in [-0.05, 0) is 45.4 Å². The number of rotatable bonds is 6. The second-order valence-corrected chi connectivity index (χ2v) is 8.33. The van der Waals surface area contributed by atoms with E-state index in [2.05, 4.69) is 32.9 Å². The fourth-order valence-electron chi connectivity index (χ4n) is 2.68. The van der Waals surface area contributed by atoms with E-state index < -0.39 is 0 Å². The van der Waals surface area contributed by atoms with E-state index in [1.54, 1.807) is 28.7 Å². The lowest BCUT2D eigenvalue weighted by molar-refractivity contribution is -0.116. The lowest BCUT2D eigenvalue weighted by Gasteiger charge is -2.00. The Balaban J connectivity index is 1.51. The zero-order valence-electron chi connectivity index (χ0n) is 15.4. The van der Waals surface area contributed by atoms with Gasteiger partial charge in [-0.25, -0.2) is 4.98 Å². The normalized spacial score (nSPS) is 11.4. The van der Waals surface area contributed by atoms with Crippen LogP contribution < -0.4 is 5.32 Å². The molecule has 0 bridgehead atoms. The summed E-state index contributed by atoms with van der Waals surface area (Å²) in [6, 6.07) is 4.21. The summed E-state index contributed by atoms with van der Waals surface area (Å²) in [7, 11) is 1.90. The number of hydrogen-bond acceptors (Lipinski definition) is 5. The van der Waals surface area contributed by atoms with Crippen molar-refractivity contribution in [2.45, 2.75) is 27.2 Å². The Labute approximate surface area is 161 Å². The summed E-state index contributed by atoms with van der Waals surface area (Å²) in [5, 5.41) is 10.5. The molecule has 0 aromatic carbocycles. The number of thiophene rings is 1. The number of amides is 1. The highest BCUT2D eigenvalue weighted by Gasteiger charge is 2.08. The van der Waals surface area contributed by atoms with E-state index in [0.29, 0.717) is 6.54 Å². The smallest absolute Gasteiger partial charge is 0.244 e. The summed E-state index contributed by atoms with van der Waals surface area (Å²) >= 11 is 3.39. The molecule has 1 N–H and O–H groups in total. The van der Waals surface area contributed by atoms with E-state index in [1.807, 2.05) is 38.6 Å². The first kappa shape index (κ1) is 18.5. The SMILES string of the molecule is Cc1nc(-c2ccc(CCNC(=O)/C=C/c3c(C)nn(C)c3C)s2)cs1. The molecule has 0 atom stereocenters. The minimum absolute atomic E-state index is 0.0837. The molecule has 0 spiro atoms. The van der Waals surface area contributed by atoms with Gasteiger partial charge >= 0.3 is 0 Å². The average Bonchev–Trinajstić information content (AvgIpc) is 3.28. The molecule has 0 unspecified atom stereocenters. The van der Waals surface area contributed by atoms with Gasteiger partial charge in [0.2, 0.25) is 5.91 Å². The van der Waals surface area contributed by atoms with Crippen molar-refractivity contribution < 1.29 is 4.79 Å². The third-order valence-corrected chi connectivity index (χ3v) is 6.11. The van der Waals surface area contributed by atoms with Gasteiger partial charge < -0.3 is 5.32 Å². The Bertz CT molecular complexity index is 949. The maximum atomic E-state index is 12.0. The van der Waals surface area contributed by atoms with Crippen molar-refractivity contribution in [3.63, 3.8) is 0 Å². The first-order chi connectivity index (χ1) is 12.4. The van der Waals surface area contributed by atoms with Crippen molar-refractivity contribution in [3.8, 4) is 10.6 Å². The zero-order valence-corrected chi connectivity index (χ0v) is 17.0. The monoisotopic (exact) mass is 386 g/mol. The molecule has 3 aromatic rings. The van der Waals surface area contributed by atoms with Gasteiger partial charge in [-0.1, -0.05) is 0 Å². The molecule has 0 aliphatic carbocycles. The molecule has 0 aliphatic rings. The Morgan fingerprint density at radius 2 is 2.12 bits per heavy atom. The molecule has 3 heterocycles. The van der Waals surface area contributed by atoms with Crippen LogP contribution in [0.2, 0.25) is 0 Å². The summed E-state index contributed by atoms with van der Waals surface area (Å²) in [6.07, 6.45) is 4.23. The molecule has 5 nitrogen and oxygen atoms in total. The van der Waals surface area contributed by atoms with Crippen LogP contribution >= 0.6 is 22.7 Å². The molecule has 0 fully saturated rings. The van der Waals surface area contributed by atoms with Crippen molar-refractivity contribution in [2.24, 2.45) is 7.05 Å². The van der Waals surface area contributed by atoms with Crippen LogP contribution in [0.25, 0.3) is 16.6 Å². The Morgan fingerprint density at radius 1 is 1.31 bits per heavy atom. The third-order valence-electron chi connectivity index (χ3n) is 4.17. The van der Waals surface area contributed by atoms with E-state index in [0.717, 1.165) is 34.1 Å². The van der Waals surface area contributed by atoms with Crippen LogP contribution in [0.15, 0.2) is 23.6 Å². The number of carbonyl (C=O) groups excluding carboxylic acids is 1. The quantitative estimate of drug-likeness (QED) is 0.654. The van der Waals surface area contributed by atoms with Crippen LogP contribution in [0.4, 0.5) is 0 Å². The minimum atomic E-state index is -0.0837. The van der Waals surface area contributed by atoms with Crippen LogP contribution in [0.3, 0.4) is 0 Å². The van der Waals surface area contributed by atoms with E-state index in [4.69, 9.17) is 0 Å². The first-order valence-electron chi connectivity index (χ1n) is 8.41. The summed E-state index contributed by atoms with van der Waals surface area (Å²) in [6.45, 7) is 6.57. The number of nitrogens with zero attached hydrogens (tertiary/aromatic N) is 3. The molecular weight excluding hydrogens is 364 g/mol. The predicted octanol–water partition coefficient (Wildman–Crippen LogP) is 3.90. The molecule has 3 aromatic heterocycles. The Kier molecular flexibility index (Phi) is 5.68. The topological polar surface area (TPSA) is 59.8 Å². The fraction of sp³-hybridized carbons (Fsp3) is 0.316. The van der Waals surface area contributed by atoms with Gasteiger partial charge in [-0.15, -0.1) is 22.7 Å². The lowest BCUT2D eigenvalue weighted by atomic mass is 10.2. The van der Waals surface area contributed by atoms with Gasteiger partial charge in [0.15, 0.2) is 0 Å². The number of aromatic nitrogens is 3. The predicted molar refractivity (Wildman–Crippen MR) is 109 cm³/mol. The second kappa shape index (κ2) is 7.97. The number of thiazole rings is 1. The number of hydrogen-bond donors (Lipinski definition) is 1. The van der Waals surface area contributed by atoms with Gasteiger partial charge in [0.1, 0.15) is 0 Å². The maximum absolute atomic E-state index is 12.0. The van der Waals surface area contributed by atoms with Crippen molar-refractivity contribution in [2.75, 3.05) is 6.54 Å². The van der Waals surface area contributed by atoms with E-state index in [9.17, 15) is 4.79 Å². The molecule has 0 radical (unpaired) electrons. The van der Waals surface area contributed by atoms with E-state index in [1.165, 1.54) is 9.75 Å². The van der Waals surface area contributed by atoms with E-state index >= 15 is 0 Å². The third kappa shape index (κ3) is 4.28. The molecule has 0 saturated carbocycles. The van der Waals surface area contributed by atoms with Crippen molar-refractivity contribution in [3.05, 3.63) is 50.4 Å². The van der Waals surface area contributed by atoms with Gasteiger partial charge in [0, 0.05) is 41.2 Å². The standard InChI is InChI=1S/C19H22N4OS2/c1-12-16(13(2)23(4)22-12)6-8-19(24)20-10-9-15-5-7-18(26-15)17-11-25-14(3)21-17/h5-8,11H,9-10H2,1-4H3,(H,20,24)/b8-6+. The molecular formula is C19H22N4OS2. The van der Waals surface area contributed by atoms with Crippen molar-refractivity contribution in [1.82, 2.24) is 20.1 Å². The molecule has 3 rings (SSSR count). The zero-order chi connectivity index (χ0) is 18.7. The Morgan fingerprint density at radius 3 is 2.77 bits per heavy atom. The van der Waals surface area contributed by atoms with Crippen molar-refractivity contribution in [1.29, 1.82) is 0 Å². The number of aryl methyl sites for hydroxylation is 3. The lowest BCUT2D eigenvalue weighted by Crippen LogP contribution is -2.23. The van der Waals surface area contributed by atoms with Crippen LogP contribution in [-0.4, -0.2) is 27.2 Å². The largest absolute Gasteiger partial charge is 0.352 e. The van der Waals surface area contributed by atoms with Gasteiger partial charge in [-0.2, -0.15) is 5.10 Å². The molecule has 7 heteroatoms. The Hall–Kier alpha value is -2.25. The van der Waals surface area contributed by atoms with Crippen LogP contribution in [0.1, 0.15) is 26.8 Å². The van der Waals surface area contributed by atoms with Gasteiger partial charge in [0.05, 0.1) is 21.3 Å². The summed E-state index contributed by atoms with van der Waals surface area (Å²) in [5.41, 5.74) is 4.02. The highest BCUT2D eigenvalue weighted by Crippen LogP contribution is 2.29. The number of nitrogens with one attached hydrogen (secondary N) is 1. The maximum Gasteiger partial charge on any atom is 0.244 e. The second-order valence-electron chi connectivity index (χ2n) is 6.10. The van der Waals surface area contributed by atoms with Crippen LogP contribution in [0.5, 0.6) is 0 Å². The van der Waals surface area contributed by atoms with Crippen LogP contribution in [0, 0.1) is 20.8 Å². The molecule has 1 amide bonds. The van der Waals surface area contributed by atoms with Crippen molar-refractivity contribution >= 4 is 34.7 Å². The van der Waals surface area contributed by atoms with Gasteiger partial charge in [0.25, 0.3) is 0 Å². The molecule has 0 aliphatic heterocycles. The highest BCUT2D eigenvalue weighted by atomic mass is 32.1. The minimum Gasteiger partial charge on any atom is -0.352 e. The summed E-state index contributed by atoms with van der Waals surface area (Å²) in [5.74, 6) is -0.0837. The van der Waals surface area contributed by atoms with E-state index in [-0.39, 0.29) is 5.91 Å². The summed E-state index contributed by atoms with van der Waals surface area (Å²) < 4.78 is 1.82.